The van der Waals surface area contributed by atoms with Gasteiger partial charge >= 0.3 is 12.0 Å². The van der Waals surface area contributed by atoms with Crippen LogP contribution >= 0.6 is 15.9 Å². The highest BCUT2D eigenvalue weighted by atomic mass is 79.9. The fourth-order valence-electron chi connectivity index (χ4n) is 1.71. The molecule has 1 unspecified atom stereocenters. The number of hydrogen-bond donors (Lipinski definition) is 2. The molecule has 0 bridgehead atoms. The number of nitrogens with one attached hydrogen (secondary N) is 1. The Morgan fingerprint density at radius 3 is 2.62 bits per heavy atom. The molecule has 0 saturated heterocycles. The third-order valence-corrected chi connectivity index (χ3v) is 3.61. The molecule has 116 valence electrons. The molecule has 1 aromatic rings. The highest BCUT2D eigenvalue weighted by Crippen LogP contribution is 2.27. The van der Waals surface area contributed by atoms with E-state index in [4.69, 9.17) is 9.84 Å². The predicted octanol–water partition coefficient (Wildman–Crippen LogP) is 3.03. The van der Waals surface area contributed by atoms with Gasteiger partial charge in [-0.1, -0.05) is 6.92 Å². The highest BCUT2D eigenvalue weighted by molar-refractivity contribution is 9.10. The van der Waals surface area contributed by atoms with Crippen molar-refractivity contribution in [2.45, 2.75) is 13.8 Å². The monoisotopic (exact) mass is 358 g/mol. The zero-order valence-electron chi connectivity index (χ0n) is 12.2. The van der Waals surface area contributed by atoms with E-state index in [9.17, 15) is 9.59 Å². The van der Waals surface area contributed by atoms with Crippen LogP contribution in [-0.2, 0) is 4.79 Å². The van der Waals surface area contributed by atoms with Crippen molar-refractivity contribution in [3.05, 3.63) is 22.7 Å². The quantitative estimate of drug-likeness (QED) is 0.818. The average molecular weight is 359 g/mol. The minimum atomic E-state index is -0.923. The van der Waals surface area contributed by atoms with Gasteiger partial charge in [-0.25, -0.2) is 4.79 Å². The molecule has 2 N–H and O–H groups in total. The van der Waals surface area contributed by atoms with Gasteiger partial charge in [0, 0.05) is 18.8 Å². The van der Waals surface area contributed by atoms with E-state index in [0.29, 0.717) is 18.0 Å². The number of methoxy groups -OCH3 is 1. The molecule has 1 aromatic carbocycles. The normalized spacial score (nSPS) is 11.6. The molecular formula is C14H19BrN2O4. The van der Waals surface area contributed by atoms with Gasteiger partial charge in [-0.05, 0) is 41.1 Å². The molecule has 6 nitrogen and oxygen atoms in total. The molecular weight excluding hydrogens is 340 g/mol. The topological polar surface area (TPSA) is 78.9 Å². The smallest absolute Gasteiger partial charge is 0.321 e. The zero-order valence-corrected chi connectivity index (χ0v) is 13.8. The lowest BCUT2D eigenvalue weighted by Gasteiger charge is -2.23. The second-order valence-electron chi connectivity index (χ2n) is 4.56. The van der Waals surface area contributed by atoms with Crippen LogP contribution in [0.5, 0.6) is 5.75 Å². The van der Waals surface area contributed by atoms with Crippen molar-refractivity contribution in [2.24, 2.45) is 5.92 Å². The first-order valence-corrected chi connectivity index (χ1v) is 7.30. The maximum Gasteiger partial charge on any atom is 0.321 e. The molecule has 2 amide bonds. The van der Waals surface area contributed by atoms with Gasteiger partial charge in [0.1, 0.15) is 5.75 Å². The van der Waals surface area contributed by atoms with Gasteiger partial charge in [-0.3, -0.25) is 4.79 Å². The van der Waals surface area contributed by atoms with E-state index in [1.165, 1.54) is 4.90 Å². The lowest BCUT2D eigenvalue weighted by molar-refractivity contribution is -0.141. The Bertz CT molecular complexity index is 522. The fraction of sp³-hybridized carbons (Fsp3) is 0.429. The number of ether oxygens (including phenoxy) is 1. The van der Waals surface area contributed by atoms with Gasteiger partial charge < -0.3 is 20.1 Å². The summed E-state index contributed by atoms with van der Waals surface area (Å²) in [5.74, 6) is -0.869. The van der Waals surface area contributed by atoms with Crippen LogP contribution in [0, 0.1) is 5.92 Å². The van der Waals surface area contributed by atoms with Crippen LogP contribution < -0.4 is 10.1 Å². The van der Waals surface area contributed by atoms with Crippen LogP contribution in [-0.4, -0.2) is 42.2 Å². The molecule has 0 saturated carbocycles. The lowest BCUT2D eigenvalue weighted by Crippen LogP contribution is -2.39. The van der Waals surface area contributed by atoms with E-state index < -0.39 is 11.9 Å². The Hall–Kier alpha value is -1.76. The van der Waals surface area contributed by atoms with E-state index >= 15 is 0 Å². The highest BCUT2D eigenvalue weighted by Gasteiger charge is 2.19. The van der Waals surface area contributed by atoms with Crippen LogP contribution in [0.15, 0.2) is 22.7 Å². The van der Waals surface area contributed by atoms with Gasteiger partial charge in [0.05, 0.1) is 17.5 Å². The first kappa shape index (κ1) is 17.3. The number of benzene rings is 1. The minimum Gasteiger partial charge on any atom is -0.496 e. The molecule has 0 spiro atoms. The summed E-state index contributed by atoms with van der Waals surface area (Å²) in [6.45, 7) is 3.97. The Balaban J connectivity index is 2.74. The van der Waals surface area contributed by atoms with Crippen LogP contribution in [0.3, 0.4) is 0 Å². The third kappa shape index (κ3) is 4.93. The molecule has 0 aromatic heterocycles. The molecule has 0 aliphatic carbocycles. The Kier molecular flexibility index (Phi) is 6.48. The number of urea groups is 1. The summed E-state index contributed by atoms with van der Waals surface area (Å²) in [4.78, 5) is 24.5. The van der Waals surface area contributed by atoms with E-state index in [0.717, 1.165) is 4.47 Å². The second kappa shape index (κ2) is 7.87. The van der Waals surface area contributed by atoms with Crippen molar-refractivity contribution < 1.29 is 19.4 Å². The van der Waals surface area contributed by atoms with Crippen molar-refractivity contribution in [1.29, 1.82) is 0 Å². The Morgan fingerprint density at radius 1 is 1.48 bits per heavy atom. The predicted molar refractivity (Wildman–Crippen MR) is 83.8 cm³/mol. The number of carbonyl (C=O) groups is 2. The van der Waals surface area contributed by atoms with Gasteiger partial charge in [0.2, 0.25) is 0 Å². The van der Waals surface area contributed by atoms with Gasteiger partial charge in [0.15, 0.2) is 0 Å². The molecule has 0 heterocycles. The van der Waals surface area contributed by atoms with E-state index in [1.54, 1.807) is 39.2 Å². The van der Waals surface area contributed by atoms with Crippen molar-refractivity contribution in [3.63, 3.8) is 0 Å². The average Bonchev–Trinajstić information content (AvgIpc) is 2.44. The maximum absolute atomic E-state index is 12.1. The SMILES string of the molecule is CCN(CC(C)C(=O)O)C(=O)Nc1ccc(OC)c(Br)c1. The number of amides is 2. The van der Waals surface area contributed by atoms with Crippen molar-refractivity contribution >= 4 is 33.6 Å². The van der Waals surface area contributed by atoms with E-state index in [2.05, 4.69) is 21.2 Å². The van der Waals surface area contributed by atoms with Crippen molar-refractivity contribution in [1.82, 2.24) is 4.90 Å². The molecule has 0 aliphatic heterocycles. The standard InChI is InChI=1S/C14H19BrN2O4/c1-4-17(8-9(2)13(18)19)14(20)16-10-5-6-12(21-3)11(15)7-10/h5-7,9H,4,8H2,1-3H3,(H,16,20)(H,18,19). The van der Waals surface area contributed by atoms with Crippen LogP contribution in [0.2, 0.25) is 0 Å². The molecule has 0 radical (unpaired) electrons. The second-order valence-corrected chi connectivity index (χ2v) is 5.41. The number of nitrogens with zero attached hydrogens (tertiary/aromatic N) is 1. The molecule has 1 atom stereocenters. The first-order chi connectivity index (χ1) is 9.88. The van der Waals surface area contributed by atoms with Crippen molar-refractivity contribution in [3.8, 4) is 5.75 Å². The summed E-state index contributed by atoms with van der Waals surface area (Å²) in [6.07, 6.45) is 0. The molecule has 7 heteroatoms. The number of carboxylic acid groups (broad SMARTS) is 1. The minimum absolute atomic E-state index is 0.162. The number of carboxylic acids is 1. The van der Waals surface area contributed by atoms with Crippen molar-refractivity contribution in [2.75, 3.05) is 25.5 Å². The van der Waals surface area contributed by atoms with Crippen LogP contribution in [0.25, 0.3) is 0 Å². The van der Waals surface area contributed by atoms with Gasteiger partial charge in [0.25, 0.3) is 0 Å². The maximum atomic E-state index is 12.1. The molecule has 21 heavy (non-hydrogen) atoms. The van der Waals surface area contributed by atoms with Gasteiger partial charge in [-0.15, -0.1) is 0 Å². The zero-order chi connectivity index (χ0) is 16.0. The number of halogens is 1. The number of hydrogen-bond acceptors (Lipinski definition) is 3. The summed E-state index contributed by atoms with van der Waals surface area (Å²) in [5, 5.41) is 11.7. The summed E-state index contributed by atoms with van der Waals surface area (Å²) in [6, 6.07) is 4.85. The number of carbonyl (C=O) groups excluding carboxylic acids is 1. The van der Waals surface area contributed by atoms with E-state index in [1.807, 2.05) is 0 Å². The van der Waals surface area contributed by atoms with Gasteiger partial charge in [-0.2, -0.15) is 0 Å². The Morgan fingerprint density at radius 2 is 2.14 bits per heavy atom. The fourth-order valence-corrected chi connectivity index (χ4v) is 2.25. The summed E-state index contributed by atoms with van der Waals surface area (Å²) >= 11 is 3.34. The number of aliphatic carboxylic acids is 1. The van der Waals surface area contributed by atoms with Crippen LogP contribution in [0.1, 0.15) is 13.8 Å². The third-order valence-electron chi connectivity index (χ3n) is 2.99. The molecule has 0 aliphatic rings. The number of rotatable bonds is 6. The molecule has 1 rings (SSSR count). The first-order valence-electron chi connectivity index (χ1n) is 6.51. The summed E-state index contributed by atoms with van der Waals surface area (Å²) < 4.78 is 5.84. The summed E-state index contributed by atoms with van der Waals surface area (Å²) in [7, 11) is 1.56. The number of anilines is 1. The summed E-state index contributed by atoms with van der Waals surface area (Å²) in [5.41, 5.74) is 0.606. The molecule has 0 fully saturated rings. The Labute approximate surface area is 132 Å². The van der Waals surface area contributed by atoms with E-state index in [-0.39, 0.29) is 12.6 Å². The largest absolute Gasteiger partial charge is 0.496 e. The lowest BCUT2D eigenvalue weighted by atomic mass is 10.2. The van der Waals surface area contributed by atoms with Crippen LogP contribution in [0.4, 0.5) is 10.5 Å².